The first-order chi connectivity index (χ1) is 9.96. The quantitative estimate of drug-likeness (QED) is 0.794. The van der Waals surface area contributed by atoms with E-state index in [1.165, 1.54) is 11.3 Å². The highest BCUT2D eigenvalue weighted by Crippen LogP contribution is 2.51. The van der Waals surface area contributed by atoms with Gasteiger partial charge in [0.05, 0.1) is 12.1 Å². The fourth-order valence-electron chi connectivity index (χ4n) is 2.22. The van der Waals surface area contributed by atoms with E-state index in [0.717, 1.165) is 35.2 Å². The lowest BCUT2D eigenvalue weighted by Gasteiger charge is -2.14. The molecule has 1 aliphatic rings. The van der Waals surface area contributed by atoms with Crippen LogP contribution in [0.15, 0.2) is 5.38 Å². The first-order valence-electron chi connectivity index (χ1n) is 6.98. The Bertz CT molecular complexity index is 526. The Kier molecular flexibility index (Phi) is 5.27. The first kappa shape index (κ1) is 16.3. The molecule has 1 fully saturated rings. The molecule has 7 heteroatoms. The molecule has 0 aromatic carbocycles. The van der Waals surface area contributed by atoms with E-state index in [1.807, 2.05) is 12.3 Å². The second-order valence-corrected chi connectivity index (χ2v) is 7.27. The van der Waals surface area contributed by atoms with E-state index in [-0.39, 0.29) is 17.7 Å². The molecule has 116 valence electrons. The van der Waals surface area contributed by atoms with Crippen molar-refractivity contribution in [3.8, 4) is 0 Å². The standard InChI is InChI=1S/C14H20N2O3S2/c1-3-16(10(2)17)13-15-11(8-21-13)7-20-9-14(4-5-14)6-12(18)19/h8H,3-7,9H2,1-2H3,(H,18,19). The first-order valence-corrected chi connectivity index (χ1v) is 9.01. The molecule has 21 heavy (non-hydrogen) atoms. The van der Waals surface area contributed by atoms with Crippen molar-refractivity contribution in [3.05, 3.63) is 11.1 Å². The zero-order valence-electron chi connectivity index (χ0n) is 12.3. The molecule has 0 atom stereocenters. The van der Waals surface area contributed by atoms with E-state index >= 15 is 0 Å². The number of carbonyl (C=O) groups is 2. The van der Waals surface area contributed by atoms with Crippen LogP contribution in [0.4, 0.5) is 5.13 Å². The summed E-state index contributed by atoms with van der Waals surface area (Å²) >= 11 is 3.22. The molecular formula is C14H20N2O3S2. The number of anilines is 1. The van der Waals surface area contributed by atoms with Gasteiger partial charge >= 0.3 is 5.97 Å². The Morgan fingerprint density at radius 1 is 1.52 bits per heavy atom. The number of hydrogen-bond donors (Lipinski definition) is 1. The van der Waals surface area contributed by atoms with Crippen LogP contribution in [-0.2, 0) is 15.3 Å². The molecule has 1 saturated carbocycles. The minimum atomic E-state index is -0.705. The molecule has 0 spiro atoms. The smallest absolute Gasteiger partial charge is 0.303 e. The van der Waals surface area contributed by atoms with Gasteiger partial charge in [-0.2, -0.15) is 11.8 Å². The number of carboxylic acid groups (broad SMARTS) is 1. The number of amides is 1. The SMILES string of the molecule is CCN(C(C)=O)c1nc(CSCC2(CC(=O)O)CC2)cs1. The highest BCUT2D eigenvalue weighted by Gasteiger charge is 2.44. The largest absolute Gasteiger partial charge is 0.481 e. The van der Waals surface area contributed by atoms with Crippen molar-refractivity contribution in [2.45, 2.75) is 38.9 Å². The third-order valence-electron chi connectivity index (χ3n) is 3.61. The van der Waals surface area contributed by atoms with E-state index in [0.29, 0.717) is 6.54 Å². The van der Waals surface area contributed by atoms with E-state index in [4.69, 9.17) is 5.11 Å². The Hall–Kier alpha value is -1.08. The zero-order valence-corrected chi connectivity index (χ0v) is 13.9. The average molecular weight is 328 g/mol. The maximum atomic E-state index is 11.5. The third-order valence-corrected chi connectivity index (χ3v) is 5.84. The van der Waals surface area contributed by atoms with Gasteiger partial charge in [0, 0.05) is 24.6 Å². The van der Waals surface area contributed by atoms with Crippen molar-refractivity contribution < 1.29 is 14.7 Å². The maximum Gasteiger partial charge on any atom is 0.303 e. The van der Waals surface area contributed by atoms with Gasteiger partial charge in [-0.15, -0.1) is 11.3 Å². The van der Waals surface area contributed by atoms with Gasteiger partial charge in [-0.25, -0.2) is 4.98 Å². The summed E-state index contributed by atoms with van der Waals surface area (Å²) in [6.07, 6.45) is 2.31. The lowest BCUT2D eigenvalue weighted by Crippen LogP contribution is -2.27. The zero-order chi connectivity index (χ0) is 15.5. The minimum absolute atomic E-state index is 0.00412. The van der Waals surface area contributed by atoms with Gasteiger partial charge in [-0.3, -0.25) is 14.5 Å². The summed E-state index contributed by atoms with van der Waals surface area (Å²) in [5, 5.41) is 11.6. The second-order valence-electron chi connectivity index (χ2n) is 5.45. The summed E-state index contributed by atoms with van der Waals surface area (Å²) < 4.78 is 0. The summed E-state index contributed by atoms with van der Waals surface area (Å²) in [7, 11) is 0. The van der Waals surface area contributed by atoms with Crippen LogP contribution in [0.2, 0.25) is 0 Å². The van der Waals surface area contributed by atoms with Crippen LogP contribution < -0.4 is 4.90 Å². The van der Waals surface area contributed by atoms with Crippen molar-refractivity contribution in [1.82, 2.24) is 4.98 Å². The summed E-state index contributed by atoms with van der Waals surface area (Å²) in [5.74, 6) is 0.942. The minimum Gasteiger partial charge on any atom is -0.481 e. The molecule has 1 aromatic rings. The van der Waals surface area contributed by atoms with E-state index in [9.17, 15) is 9.59 Å². The number of thiazole rings is 1. The van der Waals surface area contributed by atoms with Gasteiger partial charge in [-0.1, -0.05) is 0 Å². The normalized spacial score (nSPS) is 15.7. The Morgan fingerprint density at radius 2 is 2.24 bits per heavy atom. The molecule has 2 rings (SSSR count). The number of carbonyl (C=O) groups excluding carboxylic acids is 1. The predicted octanol–water partition coefficient (Wildman–Crippen LogP) is 3.00. The molecule has 0 unspecified atom stereocenters. The fraction of sp³-hybridized carbons (Fsp3) is 0.643. The van der Waals surface area contributed by atoms with Gasteiger partial charge in [0.1, 0.15) is 0 Å². The van der Waals surface area contributed by atoms with Gasteiger partial charge in [0.15, 0.2) is 5.13 Å². The topological polar surface area (TPSA) is 70.5 Å². The van der Waals surface area contributed by atoms with Gasteiger partial charge in [0.25, 0.3) is 0 Å². The second kappa shape index (κ2) is 6.79. The molecule has 0 aliphatic heterocycles. The summed E-state index contributed by atoms with van der Waals surface area (Å²) in [5.41, 5.74) is 0.982. The predicted molar refractivity (Wildman–Crippen MR) is 85.9 cm³/mol. The van der Waals surface area contributed by atoms with Crippen LogP contribution in [-0.4, -0.2) is 34.3 Å². The number of thioether (sulfide) groups is 1. The molecule has 0 saturated heterocycles. The molecule has 1 aromatic heterocycles. The highest BCUT2D eigenvalue weighted by atomic mass is 32.2. The summed E-state index contributed by atoms with van der Waals surface area (Å²) in [4.78, 5) is 28.4. The third kappa shape index (κ3) is 4.44. The van der Waals surface area contributed by atoms with Gasteiger partial charge in [0.2, 0.25) is 5.91 Å². The van der Waals surface area contributed by atoms with Crippen LogP contribution >= 0.6 is 23.1 Å². The highest BCUT2D eigenvalue weighted by molar-refractivity contribution is 7.98. The summed E-state index contributed by atoms with van der Waals surface area (Å²) in [6.45, 7) is 4.10. The van der Waals surface area contributed by atoms with E-state index in [2.05, 4.69) is 4.98 Å². The number of aliphatic carboxylic acids is 1. The maximum absolute atomic E-state index is 11.5. The number of aromatic nitrogens is 1. The van der Waals surface area contributed by atoms with Crippen molar-refractivity contribution in [1.29, 1.82) is 0 Å². The lowest BCUT2D eigenvalue weighted by atomic mass is 10.1. The number of hydrogen-bond acceptors (Lipinski definition) is 5. The van der Waals surface area contributed by atoms with Gasteiger partial charge < -0.3 is 5.11 Å². The van der Waals surface area contributed by atoms with Crippen LogP contribution in [0, 0.1) is 5.41 Å². The van der Waals surface area contributed by atoms with Crippen molar-refractivity contribution in [2.24, 2.45) is 5.41 Å². The van der Waals surface area contributed by atoms with Crippen LogP contribution in [0.1, 0.15) is 38.8 Å². The Balaban J connectivity index is 1.83. The van der Waals surface area contributed by atoms with E-state index in [1.54, 1.807) is 23.6 Å². The molecule has 1 N–H and O–H groups in total. The van der Waals surface area contributed by atoms with Crippen LogP contribution in [0.25, 0.3) is 0 Å². The molecule has 0 bridgehead atoms. The summed E-state index contributed by atoms with van der Waals surface area (Å²) in [6, 6.07) is 0. The molecule has 1 amide bonds. The van der Waals surface area contributed by atoms with Crippen molar-refractivity contribution in [2.75, 3.05) is 17.2 Å². The Morgan fingerprint density at radius 3 is 2.76 bits per heavy atom. The fourth-order valence-corrected chi connectivity index (χ4v) is 4.54. The molecular weight excluding hydrogens is 308 g/mol. The van der Waals surface area contributed by atoms with E-state index < -0.39 is 5.97 Å². The monoisotopic (exact) mass is 328 g/mol. The van der Waals surface area contributed by atoms with Crippen LogP contribution in [0.5, 0.6) is 0 Å². The Labute approximate surface area is 132 Å². The molecule has 1 heterocycles. The lowest BCUT2D eigenvalue weighted by molar-refractivity contribution is -0.138. The average Bonchev–Trinajstić information content (AvgIpc) is 2.98. The van der Waals surface area contributed by atoms with Crippen molar-refractivity contribution >= 4 is 40.1 Å². The molecule has 5 nitrogen and oxygen atoms in total. The van der Waals surface area contributed by atoms with Crippen molar-refractivity contribution in [3.63, 3.8) is 0 Å². The molecule has 1 aliphatic carbocycles. The molecule has 0 radical (unpaired) electrons. The van der Waals surface area contributed by atoms with Gasteiger partial charge in [-0.05, 0) is 30.9 Å². The number of carboxylic acids is 1. The van der Waals surface area contributed by atoms with Crippen LogP contribution in [0.3, 0.4) is 0 Å². The number of rotatable bonds is 8. The number of nitrogens with zero attached hydrogens (tertiary/aromatic N) is 2.